The van der Waals surface area contributed by atoms with Crippen molar-refractivity contribution in [1.29, 1.82) is 0 Å². The molecule has 9 nitrogen and oxygen atoms in total. The zero-order chi connectivity index (χ0) is 25.9. The summed E-state index contributed by atoms with van der Waals surface area (Å²) in [7, 11) is 0. The summed E-state index contributed by atoms with van der Waals surface area (Å²) in [6, 6.07) is 7.70. The van der Waals surface area contributed by atoms with E-state index in [0.29, 0.717) is 17.0 Å². The molecule has 3 rings (SSSR count). The quantitative estimate of drug-likeness (QED) is 0.485. The molecule has 4 atom stereocenters. The molecule has 1 aliphatic rings. The van der Waals surface area contributed by atoms with Gasteiger partial charge in [-0.05, 0) is 44.4 Å². The summed E-state index contributed by atoms with van der Waals surface area (Å²) in [5.74, 6) is -1.90. The van der Waals surface area contributed by atoms with Crippen LogP contribution < -0.4 is 5.32 Å². The zero-order valence-corrected chi connectivity index (χ0v) is 22.2. The minimum atomic E-state index is -1.49. The lowest BCUT2D eigenvalue weighted by molar-refractivity contribution is -0.154. The van der Waals surface area contributed by atoms with Gasteiger partial charge in [-0.2, -0.15) is 0 Å². The molecule has 2 amide bonds. The van der Waals surface area contributed by atoms with Crippen molar-refractivity contribution >= 4 is 33.7 Å². The van der Waals surface area contributed by atoms with E-state index in [2.05, 4.69) is 26.4 Å². The van der Waals surface area contributed by atoms with E-state index in [4.69, 9.17) is 9.26 Å². The van der Waals surface area contributed by atoms with E-state index in [1.54, 1.807) is 51.1 Å². The number of carbonyl (C=O) groups is 3. The molecule has 0 bridgehead atoms. The van der Waals surface area contributed by atoms with Crippen molar-refractivity contribution in [3.63, 3.8) is 0 Å². The number of aryl methyl sites for hydroxylation is 1. The molecule has 1 aromatic carbocycles. The van der Waals surface area contributed by atoms with Crippen molar-refractivity contribution < 1.29 is 28.8 Å². The van der Waals surface area contributed by atoms with Gasteiger partial charge in [0.25, 0.3) is 0 Å². The molecule has 2 heterocycles. The fourth-order valence-electron chi connectivity index (χ4n) is 4.38. The van der Waals surface area contributed by atoms with Gasteiger partial charge in [-0.25, -0.2) is 4.79 Å². The molecule has 35 heavy (non-hydrogen) atoms. The number of halogens is 1. The molecule has 0 saturated carbocycles. The minimum absolute atomic E-state index is 0.00165. The predicted molar refractivity (Wildman–Crippen MR) is 131 cm³/mol. The average Bonchev–Trinajstić information content (AvgIpc) is 3.39. The molecule has 1 aliphatic heterocycles. The second-order valence-electron chi connectivity index (χ2n) is 9.33. The lowest BCUT2D eigenvalue weighted by Gasteiger charge is -2.33. The first-order valence-electron chi connectivity index (χ1n) is 11.6. The minimum Gasteiger partial charge on any atom is -0.464 e. The van der Waals surface area contributed by atoms with Gasteiger partial charge in [-0.1, -0.05) is 47.1 Å². The van der Waals surface area contributed by atoms with Crippen LogP contribution in [0.2, 0.25) is 0 Å². The smallest absolute Gasteiger partial charge is 0.336 e. The van der Waals surface area contributed by atoms with E-state index in [0.717, 1.165) is 4.47 Å². The summed E-state index contributed by atoms with van der Waals surface area (Å²) in [6.07, 6.45) is -0.822. The van der Waals surface area contributed by atoms with E-state index in [9.17, 15) is 19.5 Å². The molecular formula is C25H32BrN3O6. The van der Waals surface area contributed by atoms with Crippen LogP contribution in [0.25, 0.3) is 0 Å². The van der Waals surface area contributed by atoms with Crippen LogP contribution in [0.1, 0.15) is 57.1 Å². The number of ether oxygens (including phenoxy) is 1. The SMILES string of the molecule is CCOC(=O)C(C)(NC(=O)[C@@H]1C[C@@H](O)CN1C(=O)C(c1cc(C)no1)C(C)C)c1ccc(Br)cc1. The number of amides is 2. The number of nitrogens with zero attached hydrogens (tertiary/aromatic N) is 2. The lowest BCUT2D eigenvalue weighted by Crippen LogP contribution is -2.56. The number of hydrogen-bond donors (Lipinski definition) is 2. The van der Waals surface area contributed by atoms with Crippen LogP contribution in [0, 0.1) is 12.8 Å². The Morgan fingerprint density at radius 2 is 1.97 bits per heavy atom. The molecule has 1 fully saturated rings. The van der Waals surface area contributed by atoms with Crippen LogP contribution in [0.4, 0.5) is 0 Å². The molecule has 1 saturated heterocycles. The third-order valence-corrected chi connectivity index (χ3v) is 6.76. The maximum Gasteiger partial charge on any atom is 0.336 e. The summed E-state index contributed by atoms with van der Waals surface area (Å²) >= 11 is 3.37. The zero-order valence-electron chi connectivity index (χ0n) is 20.6. The number of β-amino-alcohol motifs (C(OH)–C–C–N with tert-alkyl or cyclic N) is 1. The maximum atomic E-state index is 13.6. The van der Waals surface area contributed by atoms with Crippen molar-refractivity contribution in [1.82, 2.24) is 15.4 Å². The van der Waals surface area contributed by atoms with E-state index in [-0.39, 0.29) is 31.4 Å². The number of likely N-dealkylation sites (tertiary alicyclic amines) is 1. The standard InChI is InChI=1S/C25H32BrN3O6/c1-6-34-24(33)25(5,16-7-9-17(26)10-8-16)27-22(31)19-12-18(30)13-29(19)23(32)21(14(2)3)20-11-15(4)28-35-20/h7-11,14,18-19,21,30H,6,12-13H2,1-5H3,(H,27,31)/t18-,19+,21?,25?/m1/s1. The highest BCUT2D eigenvalue weighted by Crippen LogP contribution is 2.32. The molecule has 2 unspecified atom stereocenters. The van der Waals surface area contributed by atoms with Crippen LogP contribution in [0.3, 0.4) is 0 Å². The van der Waals surface area contributed by atoms with Gasteiger partial charge >= 0.3 is 5.97 Å². The number of esters is 1. The van der Waals surface area contributed by atoms with E-state index in [1.165, 1.54) is 4.90 Å². The number of hydrogen-bond acceptors (Lipinski definition) is 7. The summed E-state index contributed by atoms with van der Waals surface area (Å²) in [5.41, 5.74) is -0.315. The first kappa shape index (κ1) is 26.9. The van der Waals surface area contributed by atoms with Crippen molar-refractivity contribution in [2.24, 2.45) is 5.92 Å². The van der Waals surface area contributed by atoms with Gasteiger partial charge < -0.3 is 24.6 Å². The molecule has 0 aliphatic carbocycles. The summed E-state index contributed by atoms with van der Waals surface area (Å²) in [6.45, 7) is 8.93. The molecular weight excluding hydrogens is 518 g/mol. The fraction of sp³-hybridized carbons (Fsp3) is 0.520. The molecule has 2 N–H and O–H groups in total. The molecule has 0 radical (unpaired) electrons. The number of carbonyl (C=O) groups excluding carboxylic acids is 3. The Kier molecular flexibility index (Phi) is 8.38. The summed E-state index contributed by atoms with van der Waals surface area (Å²) in [5, 5.41) is 17.1. The third-order valence-electron chi connectivity index (χ3n) is 6.23. The van der Waals surface area contributed by atoms with Crippen molar-refractivity contribution in [2.45, 2.75) is 64.6 Å². The van der Waals surface area contributed by atoms with Gasteiger partial charge in [0.15, 0.2) is 5.54 Å². The van der Waals surface area contributed by atoms with Crippen LogP contribution in [0.5, 0.6) is 0 Å². The molecule has 190 valence electrons. The largest absolute Gasteiger partial charge is 0.464 e. The summed E-state index contributed by atoms with van der Waals surface area (Å²) in [4.78, 5) is 41.5. The first-order valence-corrected chi connectivity index (χ1v) is 12.4. The Morgan fingerprint density at radius 3 is 2.51 bits per heavy atom. The van der Waals surface area contributed by atoms with Gasteiger partial charge in [-0.15, -0.1) is 0 Å². The third kappa shape index (κ3) is 5.75. The number of nitrogens with one attached hydrogen (secondary N) is 1. The second-order valence-corrected chi connectivity index (χ2v) is 10.2. The Balaban J connectivity index is 1.91. The average molecular weight is 550 g/mol. The van der Waals surface area contributed by atoms with Crippen LogP contribution in [-0.2, 0) is 24.7 Å². The topological polar surface area (TPSA) is 122 Å². The van der Waals surface area contributed by atoms with E-state index < -0.39 is 35.5 Å². The molecule has 0 spiro atoms. The molecule has 10 heteroatoms. The number of aliphatic hydroxyl groups excluding tert-OH is 1. The van der Waals surface area contributed by atoms with Crippen LogP contribution >= 0.6 is 15.9 Å². The highest BCUT2D eigenvalue weighted by Gasteiger charge is 2.46. The van der Waals surface area contributed by atoms with Gasteiger partial charge in [0, 0.05) is 23.5 Å². The Bertz CT molecular complexity index is 1070. The Morgan fingerprint density at radius 1 is 1.31 bits per heavy atom. The number of aliphatic hydroxyl groups is 1. The maximum absolute atomic E-state index is 13.6. The van der Waals surface area contributed by atoms with Gasteiger partial charge in [0.05, 0.1) is 18.4 Å². The molecule has 1 aromatic heterocycles. The van der Waals surface area contributed by atoms with Crippen molar-refractivity contribution in [3.05, 3.63) is 51.8 Å². The molecule has 2 aromatic rings. The van der Waals surface area contributed by atoms with Crippen molar-refractivity contribution in [3.8, 4) is 0 Å². The Hall–Kier alpha value is -2.72. The van der Waals surface area contributed by atoms with Crippen LogP contribution in [0.15, 0.2) is 39.3 Å². The second kappa shape index (κ2) is 10.9. The fourth-order valence-corrected chi connectivity index (χ4v) is 4.64. The highest BCUT2D eigenvalue weighted by molar-refractivity contribution is 9.10. The van der Waals surface area contributed by atoms with Gasteiger partial charge in [0.2, 0.25) is 11.8 Å². The van der Waals surface area contributed by atoms with Crippen LogP contribution in [-0.4, -0.2) is 58.2 Å². The highest BCUT2D eigenvalue weighted by atomic mass is 79.9. The van der Waals surface area contributed by atoms with Gasteiger partial charge in [-0.3, -0.25) is 9.59 Å². The van der Waals surface area contributed by atoms with Crippen molar-refractivity contribution in [2.75, 3.05) is 13.2 Å². The van der Waals surface area contributed by atoms with E-state index in [1.807, 2.05) is 13.8 Å². The lowest BCUT2D eigenvalue weighted by atomic mass is 9.90. The predicted octanol–water partition coefficient (Wildman–Crippen LogP) is 3.04. The van der Waals surface area contributed by atoms with Gasteiger partial charge in [0.1, 0.15) is 17.7 Å². The summed E-state index contributed by atoms with van der Waals surface area (Å²) < 4.78 is 11.5. The first-order chi connectivity index (χ1) is 16.5. The number of benzene rings is 1. The van der Waals surface area contributed by atoms with E-state index >= 15 is 0 Å². The monoisotopic (exact) mass is 549 g/mol. The normalized spacial score (nSPS) is 20.4. The number of aromatic nitrogens is 1. The Labute approximate surface area is 213 Å². The number of rotatable bonds is 8.